The van der Waals surface area contributed by atoms with Crippen LogP contribution in [-0.2, 0) is 11.3 Å². The molecule has 5 nitrogen and oxygen atoms in total. The zero-order chi connectivity index (χ0) is 16.9. The number of rotatable bonds is 6. The number of nitrogens with one attached hydrogen (secondary N) is 1. The number of hydrogen-bond acceptors (Lipinski definition) is 3. The van der Waals surface area contributed by atoms with Crippen LogP contribution in [0.3, 0.4) is 0 Å². The topological polar surface area (TPSA) is 49.6 Å². The first-order valence-corrected chi connectivity index (χ1v) is 9.09. The minimum atomic E-state index is 0.186. The number of likely N-dealkylation sites (tertiary alicyclic amines) is 1. The van der Waals surface area contributed by atoms with E-state index in [-0.39, 0.29) is 5.91 Å². The lowest BCUT2D eigenvalue weighted by atomic mass is 9.97. The second kappa shape index (κ2) is 7.79. The maximum Gasteiger partial charge on any atom is 0.219 e. The van der Waals surface area contributed by atoms with E-state index in [0.717, 1.165) is 44.1 Å². The van der Waals surface area contributed by atoms with Crippen molar-refractivity contribution in [2.45, 2.75) is 46.1 Å². The first kappa shape index (κ1) is 17.0. The Morgan fingerprint density at radius 2 is 2.29 bits per heavy atom. The normalized spacial score (nSPS) is 18.8. The smallest absolute Gasteiger partial charge is 0.219 e. The van der Waals surface area contributed by atoms with Crippen LogP contribution in [0, 0.1) is 12.8 Å². The van der Waals surface area contributed by atoms with E-state index in [1.54, 1.807) is 0 Å². The minimum Gasteiger partial charge on any atom is -0.356 e. The maximum absolute atomic E-state index is 11.7. The number of amides is 1. The molecule has 2 aromatic heterocycles. The monoisotopic (exact) mass is 328 g/mol. The molecule has 1 aliphatic heterocycles. The third kappa shape index (κ3) is 3.96. The Morgan fingerprint density at radius 1 is 1.42 bits per heavy atom. The van der Waals surface area contributed by atoms with Crippen molar-refractivity contribution < 1.29 is 4.79 Å². The molecule has 3 rings (SSSR count). The molecule has 0 aliphatic carbocycles. The molecule has 0 radical (unpaired) electrons. The fourth-order valence-corrected chi connectivity index (χ4v) is 3.63. The van der Waals surface area contributed by atoms with Crippen molar-refractivity contribution in [2.75, 3.05) is 19.6 Å². The fraction of sp³-hybridized carbons (Fsp3) is 0.579. The standard InChI is InChI=1S/C19H28N4O/c1-3-7-19(24)20-12-16-8-6-10-22(13-16)14-17-18-9-4-5-11-23(18)15(2)21-17/h4-5,9,11,16H,3,6-8,10,12-14H2,1-2H3,(H,20,24)/t16-/m0/s1. The van der Waals surface area contributed by atoms with Crippen LogP contribution in [0.4, 0.5) is 0 Å². The van der Waals surface area contributed by atoms with Crippen LogP contribution >= 0.6 is 0 Å². The average Bonchev–Trinajstić information content (AvgIpc) is 2.90. The number of imidazole rings is 1. The maximum atomic E-state index is 11.7. The van der Waals surface area contributed by atoms with Crippen LogP contribution in [0.1, 0.15) is 44.1 Å². The Bertz CT molecular complexity index is 694. The first-order valence-electron chi connectivity index (χ1n) is 9.09. The van der Waals surface area contributed by atoms with Gasteiger partial charge in [-0.3, -0.25) is 9.69 Å². The average molecular weight is 328 g/mol. The highest BCUT2D eigenvalue weighted by Gasteiger charge is 2.22. The summed E-state index contributed by atoms with van der Waals surface area (Å²) in [6.45, 7) is 7.94. The zero-order valence-corrected chi connectivity index (χ0v) is 14.8. The molecule has 1 N–H and O–H groups in total. The molecule has 130 valence electrons. The van der Waals surface area contributed by atoms with Crippen molar-refractivity contribution in [2.24, 2.45) is 5.92 Å². The van der Waals surface area contributed by atoms with Crippen molar-refractivity contribution in [3.63, 3.8) is 0 Å². The number of aromatic nitrogens is 2. The molecule has 0 unspecified atom stereocenters. The Labute approximate surface area is 144 Å². The van der Waals surface area contributed by atoms with Gasteiger partial charge in [-0.2, -0.15) is 0 Å². The Kier molecular flexibility index (Phi) is 5.51. The fourth-order valence-electron chi connectivity index (χ4n) is 3.63. The predicted molar refractivity (Wildman–Crippen MR) is 95.8 cm³/mol. The van der Waals surface area contributed by atoms with Gasteiger partial charge in [0.1, 0.15) is 5.82 Å². The van der Waals surface area contributed by atoms with Gasteiger partial charge >= 0.3 is 0 Å². The summed E-state index contributed by atoms with van der Waals surface area (Å²) in [4.78, 5) is 18.9. The summed E-state index contributed by atoms with van der Waals surface area (Å²) < 4.78 is 2.15. The van der Waals surface area contributed by atoms with E-state index in [9.17, 15) is 4.79 Å². The summed E-state index contributed by atoms with van der Waals surface area (Å²) in [7, 11) is 0. The molecule has 24 heavy (non-hydrogen) atoms. The molecule has 5 heteroatoms. The van der Waals surface area contributed by atoms with Gasteiger partial charge in [-0.15, -0.1) is 0 Å². The quantitative estimate of drug-likeness (QED) is 0.887. The lowest BCUT2D eigenvalue weighted by Crippen LogP contribution is -2.40. The number of carbonyl (C=O) groups is 1. The largest absolute Gasteiger partial charge is 0.356 e. The molecule has 0 aromatic carbocycles. The number of fused-ring (bicyclic) bond motifs is 1. The number of nitrogens with zero attached hydrogens (tertiary/aromatic N) is 3. The Hall–Kier alpha value is -1.88. The van der Waals surface area contributed by atoms with Gasteiger partial charge in [0.15, 0.2) is 0 Å². The molecule has 1 saturated heterocycles. The number of aryl methyl sites for hydroxylation is 1. The second-order valence-electron chi connectivity index (χ2n) is 6.86. The highest BCUT2D eigenvalue weighted by molar-refractivity contribution is 5.75. The van der Waals surface area contributed by atoms with Crippen LogP contribution in [0.25, 0.3) is 5.52 Å². The number of carbonyl (C=O) groups excluding carboxylic acids is 1. The number of pyridine rings is 1. The molecule has 2 aromatic rings. The second-order valence-corrected chi connectivity index (χ2v) is 6.86. The van der Waals surface area contributed by atoms with E-state index in [0.29, 0.717) is 12.3 Å². The number of hydrogen-bond donors (Lipinski definition) is 1. The third-order valence-corrected chi connectivity index (χ3v) is 4.84. The molecular formula is C19H28N4O. The predicted octanol–water partition coefficient (Wildman–Crippen LogP) is 2.77. The van der Waals surface area contributed by atoms with E-state index < -0.39 is 0 Å². The summed E-state index contributed by atoms with van der Waals surface area (Å²) in [6, 6.07) is 6.26. The molecule has 1 amide bonds. The van der Waals surface area contributed by atoms with Crippen LogP contribution in [-0.4, -0.2) is 39.8 Å². The highest BCUT2D eigenvalue weighted by atomic mass is 16.1. The molecule has 0 bridgehead atoms. The van der Waals surface area contributed by atoms with Gasteiger partial charge in [0.2, 0.25) is 5.91 Å². The minimum absolute atomic E-state index is 0.186. The van der Waals surface area contributed by atoms with Gasteiger partial charge < -0.3 is 9.72 Å². The summed E-state index contributed by atoms with van der Waals surface area (Å²) in [5, 5.41) is 3.09. The van der Waals surface area contributed by atoms with Crippen molar-refractivity contribution >= 4 is 11.4 Å². The zero-order valence-electron chi connectivity index (χ0n) is 14.8. The van der Waals surface area contributed by atoms with Crippen molar-refractivity contribution in [3.8, 4) is 0 Å². The van der Waals surface area contributed by atoms with Crippen LogP contribution in [0.2, 0.25) is 0 Å². The Balaban J connectivity index is 1.59. The lowest BCUT2D eigenvalue weighted by Gasteiger charge is -2.32. The summed E-state index contributed by atoms with van der Waals surface area (Å²) in [5.74, 6) is 1.78. The van der Waals surface area contributed by atoms with Crippen molar-refractivity contribution in [1.29, 1.82) is 0 Å². The van der Waals surface area contributed by atoms with Crippen molar-refractivity contribution in [3.05, 3.63) is 35.9 Å². The Morgan fingerprint density at radius 3 is 3.12 bits per heavy atom. The van der Waals surface area contributed by atoms with Gasteiger partial charge in [0.05, 0.1) is 11.2 Å². The summed E-state index contributed by atoms with van der Waals surface area (Å²) in [5.41, 5.74) is 2.36. The summed E-state index contributed by atoms with van der Waals surface area (Å²) in [6.07, 6.45) is 6.01. The third-order valence-electron chi connectivity index (χ3n) is 4.84. The molecule has 1 fully saturated rings. The SMILES string of the molecule is CCCC(=O)NC[C@@H]1CCCN(Cc2nc(C)n3ccccc23)C1. The molecular weight excluding hydrogens is 300 g/mol. The molecule has 0 saturated carbocycles. The first-order chi connectivity index (χ1) is 11.7. The molecule has 1 aliphatic rings. The van der Waals surface area contributed by atoms with Gasteiger partial charge in [-0.25, -0.2) is 4.98 Å². The van der Waals surface area contributed by atoms with Crippen molar-refractivity contribution in [1.82, 2.24) is 19.6 Å². The van der Waals surface area contributed by atoms with E-state index in [1.807, 2.05) is 13.0 Å². The van der Waals surface area contributed by atoms with Gasteiger partial charge in [-0.05, 0) is 50.8 Å². The van der Waals surface area contributed by atoms with Gasteiger partial charge in [0, 0.05) is 32.3 Å². The van der Waals surface area contributed by atoms with Gasteiger partial charge in [0.25, 0.3) is 0 Å². The van der Waals surface area contributed by atoms with E-state index in [2.05, 4.69) is 39.9 Å². The molecule has 1 atom stereocenters. The summed E-state index contributed by atoms with van der Waals surface area (Å²) >= 11 is 0. The molecule has 0 spiro atoms. The van der Waals surface area contributed by atoms with Crippen LogP contribution in [0.5, 0.6) is 0 Å². The highest BCUT2D eigenvalue weighted by Crippen LogP contribution is 2.20. The lowest BCUT2D eigenvalue weighted by molar-refractivity contribution is -0.121. The molecule has 3 heterocycles. The van der Waals surface area contributed by atoms with E-state index >= 15 is 0 Å². The van der Waals surface area contributed by atoms with E-state index in [1.165, 1.54) is 18.4 Å². The van der Waals surface area contributed by atoms with Crippen LogP contribution < -0.4 is 5.32 Å². The van der Waals surface area contributed by atoms with Gasteiger partial charge in [-0.1, -0.05) is 13.0 Å². The number of piperidine rings is 1. The van der Waals surface area contributed by atoms with E-state index in [4.69, 9.17) is 4.98 Å². The van der Waals surface area contributed by atoms with Crippen LogP contribution in [0.15, 0.2) is 24.4 Å².